The molecule has 0 saturated carbocycles. The van der Waals surface area contributed by atoms with Gasteiger partial charge in [0, 0.05) is 13.6 Å². The quantitative estimate of drug-likeness (QED) is 0.796. The summed E-state index contributed by atoms with van der Waals surface area (Å²) in [4.78, 5) is 10.8. The largest absolute Gasteiger partial charge is 0.465 e. The Morgan fingerprint density at radius 3 is 2.33 bits per heavy atom. The molecule has 0 aromatic heterocycles. The Bertz CT molecular complexity index is 640. The van der Waals surface area contributed by atoms with Crippen LogP contribution in [0.1, 0.15) is 22.8 Å². The van der Waals surface area contributed by atoms with E-state index in [1.165, 1.54) is 14.0 Å². The number of carbonyl (C=O) groups excluding carboxylic acids is 1. The lowest BCUT2D eigenvalue weighted by Gasteiger charge is -2.18. The van der Waals surface area contributed by atoms with Crippen LogP contribution >= 0.6 is 0 Å². The van der Waals surface area contributed by atoms with Crippen LogP contribution in [0.15, 0.2) is 23.1 Å². The molecule has 0 N–H and O–H groups in total. The zero-order valence-corrected chi connectivity index (χ0v) is 12.4. The fourth-order valence-corrected chi connectivity index (χ4v) is 2.91. The van der Waals surface area contributed by atoms with E-state index in [0.717, 1.165) is 17.5 Å². The van der Waals surface area contributed by atoms with Crippen LogP contribution in [0.5, 0.6) is 0 Å². The lowest BCUT2D eigenvalue weighted by molar-refractivity contribution is -0.137. The van der Waals surface area contributed by atoms with Gasteiger partial charge in [0.1, 0.15) is 0 Å². The first-order valence-corrected chi connectivity index (χ1v) is 7.25. The number of ether oxygens (including phenoxy) is 1. The van der Waals surface area contributed by atoms with Crippen LogP contribution in [0.4, 0.5) is 13.2 Å². The van der Waals surface area contributed by atoms with Crippen molar-refractivity contribution in [2.24, 2.45) is 0 Å². The minimum absolute atomic E-state index is 0.0409. The summed E-state index contributed by atoms with van der Waals surface area (Å²) in [5, 5.41) is 0. The molecule has 0 unspecified atom stereocenters. The van der Waals surface area contributed by atoms with Gasteiger partial charge < -0.3 is 4.74 Å². The molecule has 0 atom stereocenters. The molecule has 0 aliphatic rings. The number of carbonyl (C=O) groups is 1. The van der Waals surface area contributed by atoms with Crippen molar-refractivity contribution in [2.45, 2.75) is 18.0 Å². The highest BCUT2D eigenvalue weighted by Gasteiger charge is 2.34. The van der Waals surface area contributed by atoms with Gasteiger partial charge in [0.05, 0.1) is 23.1 Å². The van der Waals surface area contributed by atoms with Crippen molar-refractivity contribution in [3.63, 3.8) is 0 Å². The predicted octanol–water partition coefficient (Wildman–Crippen LogP) is 2.13. The molecular weight excluding hydrogens is 311 g/mol. The third-order valence-electron chi connectivity index (χ3n) is 2.85. The molecule has 0 aliphatic heterocycles. The van der Waals surface area contributed by atoms with E-state index in [-0.39, 0.29) is 6.54 Å². The molecule has 0 spiro atoms. The number of esters is 1. The summed E-state index contributed by atoms with van der Waals surface area (Å²) < 4.78 is 67.9. The van der Waals surface area contributed by atoms with Crippen molar-refractivity contribution in [2.75, 3.05) is 20.7 Å². The highest BCUT2D eigenvalue weighted by atomic mass is 32.2. The van der Waals surface area contributed by atoms with Gasteiger partial charge in [-0.25, -0.2) is 17.5 Å². The molecule has 5 nitrogen and oxygen atoms in total. The van der Waals surface area contributed by atoms with Crippen molar-refractivity contribution in [3.05, 3.63) is 29.3 Å². The molecule has 9 heteroatoms. The molecular formula is C12H14F3NO4S. The molecule has 0 heterocycles. The number of sulfonamides is 1. The summed E-state index contributed by atoms with van der Waals surface area (Å²) in [6, 6.07) is 1.87. The van der Waals surface area contributed by atoms with E-state index in [9.17, 15) is 26.4 Å². The minimum atomic E-state index is -4.72. The van der Waals surface area contributed by atoms with Gasteiger partial charge in [0.2, 0.25) is 10.0 Å². The van der Waals surface area contributed by atoms with Crippen molar-refractivity contribution in [1.82, 2.24) is 4.31 Å². The number of hydrogen-bond donors (Lipinski definition) is 0. The molecule has 0 bridgehead atoms. The summed E-state index contributed by atoms with van der Waals surface area (Å²) >= 11 is 0. The second-order valence-corrected chi connectivity index (χ2v) is 6.13. The Labute approximate surface area is 120 Å². The fraction of sp³-hybridized carbons (Fsp3) is 0.417. The number of halogens is 3. The monoisotopic (exact) mass is 325 g/mol. The molecule has 1 aromatic carbocycles. The van der Waals surface area contributed by atoms with E-state index in [1.54, 1.807) is 0 Å². The van der Waals surface area contributed by atoms with E-state index < -0.39 is 38.2 Å². The lowest BCUT2D eigenvalue weighted by Crippen LogP contribution is -2.28. The van der Waals surface area contributed by atoms with Gasteiger partial charge in [-0.05, 0) is 18.2 Å². The van der Waals surface area contributed by atoms with Crippen LogP contribution < -0.4 is 0 Å². The lowest BCUT2D eigenvalue weighted by atomic mass is 10.1. The van der Waals surface area contributed by atoms with E-state index in [1.807, 2.05) is 0 Å². The molecule has 0 fully saturated rings. The maximum absolute atomic E-state index is 12.7. The molecule has 0 saturated heterocycles. The van der Waals surface area contributed by atoms with Gasteiger partial charge >= 0.3 is 12.1 Å². The highest BCUT2D eigenvalue weighted by molar-refractivity contribution is 7.89. The SMILES string of the molecule is CCN(C)S(=O)(=O)c1cc(C(F)(F)F)ccc1C(=O)OC. The van der Waals surface area contributed by atoms with Crippen molar-refractivity contribution < 1.29 is 31.1 Å². The third-order valence-corrected chi connectivity index (χ3v) is 4.82. The summed E-state index contributed by atoms with van der Waals surface area (Å²) in [5.74, 6) is -1.02. The highest BCUT2D eigenvalue weighted by Crippen LogP contribution is 2.32. The maximum atomic E-state index is 12.7. The van der Waals surface area contributed by atoms with Crippen LogP contribution in [0, 0.1) is 0 Å². The van der Waals surface area contributed by atoms with E-state index in [4.69, 9.17) is 0 Å². The fourth-order valence-electron chi connectivity index (χ4n) is 1.53. The van der Waals surface area contributed by atoms with Gasteiger partial charge in [-0.15, -0.1) is 0 Å². The first-order chi connectivity index (χ1) is 9.55. The van der Waals surface area contributed by atoms with Crippen molar-refractivity contribution in [3.8, 4) is 0 Å². The topological polar surface area (TPSA) is 63.7 Å². The molecule has 0 amide bonds. The summed E-state index contributed by atoms with van der Waals surface area (Å²) in [5.41, 5.74) is -1.59. The van der Waals surface area contributed by atoms with Crippen LogP contribution in [0.3, 0.4) is 0 Å². The Hall–Kier alpha value is -1.61. The number of hydrogen-bond acceptors (Lipinski definition) is 4. The number of benzene rings is 1. The van der Waals surface area contributed by atoms with Gasteiger partial charge in [0.15, 0.2) is 0 Å². The molecule has 0 radical (unpaired) electrons. The average Bonchev–Trinajstić information content (AvgIpc) is 2.43. The van der Waals surface area contributed by atoms with E-state index >= 15 is 0 Å². The summed E-state index contributed by atoms with van der Waals surface area (Å²) in [6.45, 7) is 1.56. The zero-order valence-electron chi connectivity index (χ0n) is 11.6. The van der Waals surface area contributed by atoms with E-state index in [0.29, 0.717) is 12.1 Å². The third kappa shape index (κ3) is 3.53. The second kappa shape index (κ2) is 6.02. The van der Waals surface area contributed by atoms with Gasteiger partial charge in [-0.2, -0.15) is 13.2 Å². The van der Waals surface area contributed by atoms with Gasteiger partial charge in [-0.1, -0.05) is 6.92 Å². The van der Waals surface area contributed by atoms with Crippen molar-refractivity contribution >= 4 is 16.0 Å². The molecule has 21 heavy (non-hydrogen) atoms. The molecule has 1 aromatic rings. The van der Waals surface area contributed by atoms with Crippen LogP contribution in [-0.4, -0.2) is 39.4 Å². The van der Waals surface area contributed by atoms with E-state index in [2.05, 4.69) is 4.74 Å². The number of methoxy groups -OCH3 is 1. The molecule has 1 rings (SSSR count). The Morgan fingerprint density at radius 2 is 1.90 bits per heavy atom. The molecule has 118 valence electrons. The van der Waals surface area contributed by atoms with Crippen LogP contribution in [0.2, 0.25) is 0 Å². The number of nitrogens with zero attached hydrogens (tertiary/aromatic N) is 1. The summed E-state index contributed by atoms with van der Waals surface area (Å²) in [6.07, 6.45) is -4.72. The van der Waals surface area contributed by atoms with Gasteiger partial charge in [-0.3, -0.25) is 0 Å². The smallest absolute Gasteiger partial charge is 0.416 e. The average molecular weight is 325 g/mol. The first-order valence-electron chi connectivity index (χ1n) is 5.81. The van der Waals surface area contributed by atoms with Gasteiger partial charge in [0.25, 0.3) is 0 Å². The van der Waals surface area contributed by atoms with Crippen LogP contribution in [0.25, 0.3) is 0 Å². The Morgan fingerprint density at radius 1 is 1.33 bits per heavy atom. The molecule has 0 aliphatic carbocycles. The number of rotatable bonds is 4. The van der Waals surface area contributed by atoms with Crippen molar-refractivity contribution in [1.29, 1.82) is 0 Å². The zero-order chi connectivity index (χ0) is 16.4. The van der Waals surface area contributed by atoms with Crippen LogP contribution in [-0.2, 0) is 20.9 Å². The first kappa shape index (κ1) is 17.4. The number of alkyl halides is 3. The predicted molar refractivity (Wildman–Crippen MR) is 68.3 cm³/mol. The Kier molecular flexibility index (Phi) is 5.00. The summed E-state index contributed by atoms with van der Waals surface area (Å²) in [7, 11) is -2.01. The minimum Gasteiger partial charge on any atom is -0.465 e. The maximum Gasteiger partial charge on any atom is 0.416 e. The second-order valence-electron chi connectivity index (χ2n) is 4.12. The normalized spacial score (nSPS) is 12.5. The Balaban J connectivity index is 3.62. The standard InChI is InChI=1S/C12H14F3NO4S/c1-4-16(2)21(18,19)10-7-8(12(13,14)15)5-6-9(10)11(17)20-3/h5-7H,4H2,1-3H3.